The number of hydrogen-bond donors (Lipinski definition) is 1. The lowest BCUT2D eigenvalue weighted by atomic mass is 10.1. The van der Waals surface area contributed by atoms with E-state index in [9.17, 15) is 22.0 Å². The highest BCUT2D eigenvalue weighted by Gasteiger charge is 2.41. The van der Waals surface area contributed by atoms with Gasteiger partial charge in [0, 0.05) is 11.6 Å². The van der Waals surface area contributed by atoms with Crippen LogP contribution in [0.2, 0.25) is 0 Å². The topological polar surface area (TPSA) is 35.2 Å². The largest absolute Gasteiger partial charge is 0.487 e. The fraction of sp³-hybridized carbons (Fsp3) is 0.500. The molecule has 1 atom stereocenters. The molecule has 1 rings (SSSR count). The average Bonchev–Trinajstić information content (AvgIpc) is 2.29. The van der Waals surface area contributed by atoms with Crippen LogP contribution in [0.1, 0.15) is 24.1 Å². The SMILES string of the molecule is Cc1cc(OCC(F)(F)C(F)F)c(C(C)N)cc1F. The molecule has 0 saturated heterocycles. The van der Waals surface area contributed by atoms with E-state index in [1.165, 1.54) is 13.8 Å². The molecule has 0 spiro atoms. The van der Waals surface area contributed by atoms with E-state index in [1.54, 1.807) is 0 Å². The fourth-order valence-corrected chi connectivity index (χ4v) is 1.39. The third-order valence-corrected chi connectivity index (χ3v) is 2.52. The van der Waals surface area contributed by atoms with Crippen molar-refractivity contribution in [1.29, 1.82) is 0 Å². The molecule has 108 valence electrons. The van der Waals surface area contributed by atoms with Crippen molar-refractivity contribution in [3.05, 3.63) is 29.1 Å². The zero-order valence-corrected chi connectivity index (χ0v) is 10.4. The van der Waals surface area contributed by atoms with Gasteiger partial charge in [-0.2, -0.15) is 8.78 Å². The molecule has 7 heteroatoms. The van der Waals surface area contributed by atoms with Crippen molar-refractivity contribution in [1.82, 2.24) is 0 Å². The Balaban J connectivity index is 2.98. The molecule has 1 aromatic carbocycles. The van der Waals surface area contributed by atoms with Crippen molar-refractivity contribution in [2.75, 3.05) is 6.61 Å². The first kappa shape index (κ1) is 15.7. The van der Waals surface area contributed by atoms with Gasteiger partial charge in [0.25, 0.3) is 0 Å². The second-order valence-corrected chi connectivity index (χ2v) is 4.28. The summed E-state index contributed by atoms with van der Waals surface area (Å²) in [5.41, 5.74) is 5.85. The zero-order chi connectivity index (χ0) is 14.8. The minimum Gasteiger partial charge on any atom is -0.487 e. The third-order valence-electron chi connectivity index (χ3n) is 2.52. The molecule has 1 aromatic rings. The smallest absolute Gasteiger partial charge is 0.340 e. The quantitative estimate of drug-likeness (QED) is 0.840. The van der Waals surface area contributed by atoms with Crippen molar-refractivity contribution < 1.29 is 26.7 Å². The first-order valence-corrected chi connectivity index (χ1v) is 5.49. The normalized spacial score (nSPS) is 13.7. The van der Waals surface area contributed by atoms with Crippen LogP contribution in [-0.4, -0.2) is 19.0 Å². The van der Waals surface area contributed by atoms with Gasteiger partial charge in [-0.15, -0.1) is 0 Å². The van der Waals surface area contributed by atoms with Crippen molar-refractivity contribution >= 4 is 0 Å². The molecule has 0 aliphatic rings. The van der Waals surface area contributed by atoms with Crippen LogP contribution in [0.15, 0.2) is 12.1 Å². The molecule has 0 aromatic heterocycles. The van der Waals surface area contributed by atoms with Gasteiger partial charge >= 0.3 is 12.3 Å². The van der Waals surface area contributed by atoms with Gasteiger partial charge in [-0.3, -0.25) is 0 Å². The monoisotopic (exact) mass is 283 g/mol. The lowest BCUT2D eigenvalue weighted by molar-refractivity contribution is -0.148. The van der Waals surface area contributed by atoms with E-state index < -0.39 is 30.8 Å². The summed E-state index contributed by atoms with van der Waals surface area (Å²) in [6.07, 6.45) is -3.83. The Hall–Kier alpha value is -1.37. The molecule has 1 unspecified atom stereocenters. The number of hydrogen-bond acceptors (Lipinski definition) is 2. The summed E-state index contributed by atoms with van der Waals surface area (Å²) in [6, 6.07) is 1.54. The van der Waals surface area contributed by atoms with Crippen LogP contribution in [0.5, 0.6) is 5.75 Å². The number of halogens is 5. The number of aryl methyl sites for hydroxylation is 1. The molecule has 0 radical (unpaired) electrons. The number of ether oxygens (including phenoxy) is 1. The van der Waals surface area contributed by atoms with Gasteiger partial charge in [-0.05, 0) is 31.5 Å². The predicted molar refractivity (Wildman–Crippen MR) is 60.2 cm³/mol. The van der Waals surface area contributed by atoms with Crippen LogP contribution in [0, 0.1) is 12.7 Å². The molecule has 0 aliphatic carbocycles. The maximum absolute atomic E-state index is 13.3. The Morgan fingerprint density at radius 2 is 1.89 bits per heavy atom. The maximum Gasteiger partial charge on any atom is 0.340 e. The van der Waals surface area contributed by atoms with E-state index in [0.29, 0.717) is 0 Å². The molecule has 0 fully saturated rings. The van der Waals surface area contributed by atoms with Crippen molar-refractivity contribution in [2.24, 2.45) is 5.73 Å². The molecule has 2 N–H and O–H groups in total. The molecule has 19 heavy (non-hydrogen) atoms. The Bertz CT molecular complexity index is 448. The maximum atomic E-state index is 13.3. The summed E-state index contributed by atoms with van der Waals surface area (Å²) in [5.74, 6) is -4.95. The van der Waals surface area contributed by atoms with Crippen molar-refractivity contribution in [2.45, 2.75) is 32.2 Å². The molecule has 0 amide bonds. The molecular weight excluding hydrogens is 269 g/mol. The fourth-order valence-electron chi connectivity index (χ4n) is 1.39. The van der Waals surface area contributed by atoms with Crippen LogP contribution in [0.4, 0.5) is 22.0 Å². The Kier molecular flexibility index (Phi) is 4.73. The predicted octanol–water partition coefficient (Wildman–Crippen LogP) is 3.43. The molecular formula is C12H14F5NO. The molecule has 0 heterocycles. The van der Waals surface area contributed by atoms with E-state index in [-0.39, 0.29) is 16.9 Å². The van der Waals surface area contributed by atoms with Gasteiger partial charge in [-0.1, -0.05) is 0 Å². The highest BCUT2D eigenvalue weighted by molar-refractivity contribution is 5.39. The van der Waals surface area contributed by atoms with Crippen LogP contribution in [0.25, 0.3) is 0 Å². The second kappa shape index (κ2) is 5.73. The van der Waals surface area contributed by atoms with Gasteiger partial charge in [0.2, 0.25) is 0 Å². The third kappa shape index (κ3) is 3.79. The summed E-state index contributed by atoms with van der Waals surface area (Å²) >= 11 is 0. The summed E-state index contributed by atoms with van der Waals surface area (Å²) < 4.78 is 67.6. The lowest BCUT2D eigenvalue weighted by Gasteiger charge is -2.19. The second-order valence-electron chi connectivity index (χ2n) is 4.28. The van der Waals surface area contributed by atoms with Crippen LogP contribution in [0.3, 0.4) is 0 Å². The molecule has 0 bridgehead atoms. The van der Waals surface area contributed by atoms with Crippen molar-refractivity contribution in [3.63, 3.8) is 0 Å². The number of nitrogens with two attached hydrogens (primary N) is 1. The minimum absolute atomic E-state index is 0.116. The molecule has 0 aliphatic heterocycles. The minimum atomic E-state index is -4.27. The Morgan fingerprint density at radius 3 is 2.37 bits per heavy atom. The van der Waals surface area contributed by atoms with Gasteiger partial charge in [0.15, 0.2) is 6.61 Å². The summed E-state index contributed by atoms with van der Waals surface area (Å²) in [4.78, 5) is 0. The first-order chi connectivity index (χ1) is 8.65. The highest BCUT2D eigenvalue weighted by atomic mass is 19.3. The number of alkyl halides is 4. The Morgan fingerprint density at radius 1 is 1.32 bits per heavy atom. The van der Waals surface area contributed by atoms with E-state index in [4.69, 9.17) is 5.73 Å². The van der Waals surface area contributed by atoms with Crippen molar-refractivity contribution in [3.8, 4) is 5.75 Å². The van der Waals surface area contributed by atoms with E-state index in [1.807, 2.05) is 0 Å². The Labute approximate surface area is 107 Å². The molecule has 0 saturated carbocycles. The zero-order valence-electron chi connectivity index (χ0n) is 10.4. The standard InChI is InChI=1S/C12H14F5NO/c1-6-3-10(8(7(2)18)4-9(6)13)19-5-12(16,17)11(14)15/h3-4,7,11H,5,18H2,1-2H3. The van der Waals surface area contributed by atoms with Gasteiger partial charge in [-0.25, -0.2) is 13.2 Å². The van der Waals surface area contributed by atoms with E-state index in [2.05, 4.69) is 4.74 Å². The highest BCUT2D eigenvalue weighted by Crippen LogP contribution is 2.30. The van der Waals surface area contributed by atoms with E-state index in [0.717, 1.165) is 12.1 Å². The van der Waals surface area contributed by atoms with Crippen LogP contribution in [-0.2, 0) is 0 Å². The molecule has 2 nitrogen and oxygen atoms in total. The van der Waals surface area contributed by atoms with E-state index >= 15 is 0 Å². The lowest BCUT2D eigenvalue weighted by Crippen LogP contribution is -2.34. The van der Waals surface area contributed by atoms with Crippen LogP contribution >= 0.6 is 0 Å². The van der Waals surface area contributed by atoms with Crippen LogP contribution < -0.4 is 10.5 Å². The summed E-state index contributed by atoms with van der Waals surface area (Å²) in [5, 5.41) is 0. The van der Waals surface area contributed by atoms with Gasteiger partial charge in [0.05, 0.1) is 0 Å². The first-order valence-electron chi connectivity index (χ1n) is 5.49. The summed E-state index contributed by atoms with van der Waals surface area (Å²) in [7, 11) is 0. The summed E-state index contributed by atoms with van der Waals surface area (Å²) in [6.45, 7) is 1.41. The van der Waals surface area contributed by atoms with Gasteiger partial charge in [0.1, 0.15) is 11.6 Å². The number of rotatable bonds is 5. The number of benzene rings is 1. The van der Waals surface area contributed by atoms with Gasteiger partial charge < -0.3 is 10.5 Å². The average molecular weight is 283 g/mol.